The van der Waals surface area contributed by atoms with Crippen LogP contribution in [0.15, 0.2) is 0 Å². The number of halogens is 2. The summed E-state index contributed by atoms with van der Waals surface area (Å²) in [5.41, 5.74) is 0. The van der Waals surface area contributed by atoms with Crippen molar-refractivity contribution >= 4 is 38.6 Å². The standard InChI is InChI=1S/C11H24BNO2.2ClH/c1-3-5-7-11(12,10(14)15)9-13-8-6-4-2;;/h13H,3-9,12H2,1-2H3,(H,14,15);2*1H. The third kappa shape index (κ3) is 9.75. The van der Waals surface area contributed by atoms with E-state index in [4.69, 9.17) is 0 Å². The van der Waals surface area contributed by atoms with E-state index in [0.29, 0.717) is 6.54 Å². The molecule has 0 amide bonds. The summed E-state index contributed by atoms with van der Waals surface area (Å²) < 4.78 is 0. The van der Waals surface area contributed by atoms with E-state index in [1.165, 1.54) is 0 Å². The molecule has 0 fully saturated rings. The predicted molar refractivity (Wildman–Crippen MR) is 80.7 cm³/mol. The van der Waals surface area contributed by atoms with Gasteiger partial charge in [-0.15, -0.1) is 24.8 Å². The average molecular weight is 286 g/mol. The molecule has 0 aliphatic heterocycles. The van der Waals surface area contributed by atoms with Crippen molar-refractivity contribution in [3.05, 3.63) is 0 Å². The van der Waals surface area contributed by atoms with Gasteiger partial charge < -0.3 is 10.4 Å². The lowest BCUT2D eigenvalue weighted by Gasteiger charge is -2.25. The second kappa shape index (κ2) is 12.5. The monoisotopic (exact) mass is 285 g/mol. The first-order valence-corrected chi connectivity index (χ1v) is 6.01. The van der Waals surface area contributed by atoms with Gasteiger partial charge in [0.15, 0.2) is 0 Å². The van der Waals surface area contributed by atoms with Crippen molar-refractivity contribution in [2.24, 2.45) is 0 Å². The first-order chi connectivity index (χ1) is 7.06. The van der Waals surface area contributed by atoms with Crippen LogP contribution in [0.2, 0.25) is 5.31 Å². The predicted octanol–water partition coefficient (Wildman–Crippen LogP) is 2.29. The van der Waals surface area contributed by atoms with Gasteiger partial charge in [0.1, 0.15) is 7.85 Å². The second-order valence-corrected chi connectivity index (χ2v) is 4.50. The van der Waals surface area contributed by atoms with E-state index < -0.39 is 11.3 Å². The average Bonchev–Trinajstić information content (AvgIpc) is 2.21. The number of rotatable bonds is 9. The summed E-state index contributed by atoms with van der Waals surface area (Å²) in [4.78, 5) is 11.2. The molecule has 6 heteroatoms. The molecule has 0 radical (unpaired) electrons. The van der Waals surface area contributed by atoms with Gasteiger partial charge in [0.05, 0.1) is 0 Å². The lowest BCUT2D eigenvalue weighted by molar-refractivity contribution is -0.140. The Morgan fingerprint density at radius 1 is 1.24 bits per heavy atom. The molecule has 0 aliphatic rings. The smallest absolute Gasteiger partial charge is 0.302 e. The van der Waals surface area contributed by atoms with Crippen LogP contribution in [-0.2, 0) is 4.79 Å². The van der Waals surface area contributed by atoms with Crippen molar-refractivity contribution < 1.29 is 9.90 Å². The molecule has 0 rings (SSSR count). The first-order valence-electron chi connectivity index (χ1n) is 6.01. The van der Waals surface area contributed by atoms with E-state index in [2.05, 4.69) is 19.2 Å². The SMILES string of the molecule is BC(CCCC)(CNCCCC)C(=O)O.Cl.Cl. The second-order valence-electron chi connectivity index (χ2n) is 4.50. The number of carboxylic acid groups (broad SMARTS) is 1. The summed E-state index contributed by atoms with van der Waals surface area (Å²) in [6, 6.07) is 0. The molecule has 0 saturated carbocycles. The van der Waals surface area contributed by atoms with Gasteiger partial charge in [-0.25, -0.2) is 0 Å². The highest BCUT2D eigenvalue weighted by Gasteiger charge is 2.31. The molecule has 2 N–H and O–H groups in total. The van der Waals surface area contributed by atoms with Crippen LogP contribution >= 0.6 is 24.8 Å². The topological polar surface area (TPSA) is 49.3 Å². The molecule has 3 nitrogen and oxygen atoms in total. The summed E-state index contributed by atoms with van der Waals surface area (Å²) in [6.07, 6.45) is 5.06. The molecule has 0 heterocycles. The van der Waals surface area contributed by atoms with E-state index in [1.807, 2.05) is 7.85 Å². The Hall–Kier alpha value is 0.0749. The van der Waals surface area contributed by atoms with Crippen LogP contribution in [0.25, 0.3) is 0 Å². The van der Waals surface area contributed by atoms with E-state index in [-0.39, 0.29) is 24.8 Å². The Labute approximate surface area is 118 Å². The lowest BCUT2D eigenvalue weighted by atomic mass is 9.65. The van der Waals surface area contributed by atoms with Gasteiger partial charge in [-0.3, -0.25) is 4.79 Å². The summed E-state index contributed by atoms with van der Waals surface area (Å²) in [7, 11) is 1.84. The van der Waals surface area contributed by atoms with Crippen molar-refractivity contribution in [2.75, 3.05) is 13.1 Å². The normalized spacial score (nSPS) is 13.1. The maximum atomic E-state index is 11.2. The Bertz CT molecular complexity index is 196. The van der Waals surface area contributed by atoms with Crippen molar-refractivity contribution in [1.82, 2.24) is 5.32 Å². The fraction of sp³-hybridized carbons (Fsp3) is 0.909. The summed E-state index contributed by atoms with van der Waals surface area (Å²) in [5, 5.41) is 11.8. The Balaban J connectivity index is -0.000000980. The van der Waals surface area contributed by atoms with Crippen molar-refractivity contribution in [2.45, 2.75) is 51.3 Å². The van der Waals surface area contributed by atoms with Crippen LogP contribution in [-0.4, -0.2) is 32.0 Å². The maximum absolute atomic E-state index is 11.2. The zero-order chi connectivity index (χ0) is 11.7. The van der Waals surface area contributed by atoms with Crippen LogP contribution in [0, 0.1) is 0 Å². The highest BCUT2D eigenvalue weighted by Crippen LogP contribution is 2.28. The fourth-order valence-electron chi connectivity index (χ4n) is 1.50. The number of aliphatic carboxylic acids is 1. The van der Waals surface area contributed by atoms with Crippen molar-refractivity contribution in [3.8, 4) is 0 Å². The number of carbonyl (C=O) groups is 1. The van der Waals surface area contributed by atoms with Gasteiger partial charge in [0.25, 0.3) is 0 Å². The van der Waals surface area contributed by atoms with E-state index in [1.54, 1.807) is 0 Å². The third-order valence-electron chi connectivity index (χ3n) is 2.82. The minimum absolute atomic E-state index is 0. The minimum Gasteiger partial charge on any atom is -0.481 e. The number of nitrogens with one attached hydrogen (secondary N) is 1. The molecule has 1 unspecified atom stereocenters. The Kier molecular flexibility index (Phi) is 16.4. The summed E-state index contributed by atoms with van der Waals surface area (Å²) >= 11 is 0. The van der Waals surface area contributed by atoms with Crippen LogP contribution in [0.1, 0.15) is 46.0 Å². The highest BCUT2D eigenvalue weighted by molar-refractivity contribution is 6.26. The molecule has 0 aromatic heterocycles. The van der Waals surface area contributed by atoms with Gasteiger partial charge in [-0.2, -0.15) is 0 Å². The van der Waals surface area contributed by atoms with Gasteiger partial charge in [-0.05, 0) is 19.4 Å². The number of unbranched alkanes of at least 4 members (excludes halogenated alkanes) is 2. The molecule has 0 aliphatic carbocycles. The van der Waals surface area contributed by atoms with Crippen LogP contribution in [0.3, 0.4) is 0 Å². The first kappa shape index (κ1) is 22.3. The maximum Gasteiger partial charge on any atom is 0.302 e. The molecular formula is C11H26BCl2NO2. The van der Waals surface area contributed by atoms with E-state index in [0.717, 1.165) is 38.6 Å². The van der Waals surface area contributed by atoms with Crippen molar-refractivity contribution in [1.29, 1.82) is 0 Å². The Morgan fingerprint density at radius 3 is 2.18 bits per heavy atom. The molecular weight excluding hydrogens is 260 g/mol. The lowest BCUT2D eigenvalue weighted by Crippen LogP contribution is -2.36. The van der Waals surface area contributed by atoms with Gasteiger partial charge in [-0.1, -0.05) is 33.1 Å². The molecule has 0 aromatic carbocycles. The molecule has 0 spiro atoms. The fourth-order valence-corrected chi connectivity index (χ4v) is 1.50. The van der Waals surface area contributed by atoms with Gasteiger partial charge in [0, 0.05) is 11.9 Å². The van der Waals surface area contributed by atoms with Crippen LogP contribution in [0.4, 0.5) is 0 Å². The van der Waals surface area contributed by atoms with Gasteiger partial charge >= 0.3 is 5.97 Å². The third-order valence-corrected chi connectivity index (χ3v) is 2.82. The summed E-state index contributed by atoms with van der Waals surface area (Å²) in [6.45, 7) is 5.73. The Morgan fingerprint density at radius 2 is 1.76 bits per heavy atom. The summed E-state index contributed by atoms with van der Waals surface area (Å²) in [5.74, 6) is -0.681. The highest BCUT2D eigenvalue weighted by atomic mass is 35.5. The largest absolute Gasteiger partial charge is 0.481 e. The molecule has 0 aromatic rings. The molecule has 17 heavy (non-hydrogen) atoms. The van der Waals surface area contributed by atoms with Crippen LogP contribution < -0.4 is 5.32 Å². The zero-order valence-electron chi connectivity index (χ0n) is 11.1. The number of hydrogen-bond donors (Lipinski definition) is 2. The molecule has 0 saturated heterocycles. The van der Waals surface area contributed by atoms with E-state index >= 15 is 0 Å². The van der Waals surface area contributed by atoms with Crippen LogP contribution in [0.5, 0.6) is 0 Å². The minimum atomic E-state index is -0.681. The zero-order valence-corrected chi connectivity index (χ0v) is 12.8. The number of hydrogen-bond acceptors (Lipinski definition) is 2. The molecule has 104 valence electrons. The van der Waals surface area contributed by atoms with Gasteiger partial charge in [0.2, 0.25) is 0 Å². The number of carboxylic acids is 1. The quantitative estimate of drug-likeness (QED) is 0.505. The van der Waals surface area contributed by atoms with E-state index in [9.17, 15) is 9.90 Å². The molecule has 0 bridgehead atoms. The molecule has 1 atom stereocenters. The van der Waals surface area contributed by atoms with Crippen molar-refractivity contribution in [3.63, 3.8) is 0 Å².